The van der Waals surface area contributed by atoms with Crippen LogP contribution in [0.15, 0.2) is 48.8 Å². The molecule has 0 aliphatic carbocycles. The van der Waals surface area contributed by atoms with E-state index in [0.717, 1.165) is 11.0 Å². The van der Waals surface area contributed by atoms with Crippen molar-refractivity contribution in [3.63, 3.8) is 0 Å². The average Bonchev–Trinajstić information content (AvgIpc) is 2.95. The van der Waals surface area contributed by atoms with Gasteiger partial charge >= 0.3 is 0 Å². The number of methoxy groups -OCH3 is 1. The molecule has 0 spiro atoms. The highest BCUT2D eigenvalue weighted by molar-refractivity contribution is 6.06. The third-order valence-corrected chi connectivity index (χ3v) is 3.04. The molecular weight excluding hydrogens is 254 g/mol. The molecule has 0 aliphatic heterocycles. The molecule has 1 heterocycles. The minimum atomic E-state index is -0.189. The predicted molar refractivity (Wildman–Crippen MR) is 77.0 cm³/mol. The van der Waals surface area contributed by atoms with Gasteiger partial charge in [0, 0.05) is 5.56 Å². The van der Waals surface area contributed by atoms with Crippen LogP contribution >= 0.6 is 0 Å². The van der Waals surface area contributed by atoms with E-state index in [4.69, 9.17) is 4.74 Å². The number of hydrogen-bond acceptors (Lipinski definition) is 3. The molecule has 3 aromatic rings. The lowest BCUT2D eigenvalue weighted by molar-refractivity contribution is 0.102. The Bertz CT molecular complexity index is 764. The van der Waals surface area contributed by atoms with E-state index in [1.165, 1.54) is 0 Å². The Hall–Kier alpha value is -2.82. The number of benzene rings is 2. The summed E-state index contributed by atoms with van der Waals surface area (Å²) in [5.41, 5.74) is 2.87. The normalized spacial score (nSPS) is 10.4. The van der Waals surface area contributed by atoms with E-state index >= 15 is 0 Å². The van der Waals surface area contributed by atoms with Crippen molar-refractivity contribution in [2.45, 2.75) is 0 Å². The zero-order chi connectivity index (χ0) is 13.9. The summed E-state index contributed by atoms with van der Waals surface area (Å²) in [4.78, 5) is 19.4. The van der Waals surface area contributed by atoms with Gasteiger partial charge < -0.3 is 15.0 Å². The highest BCUT2D eigenvalue weighted by atomic mass is 16.5. The maximum absolute atomic E-state index is 12.2. The van der Waals surface area contributed by atoms with Gasteiger partial charge in [0.2, 0.25) is 0 Å². The topological polar surface area (TPSA) is 67.0 Å². The molecule has 0 bridgehead atoms. The van der Waals surface area contributed by atoms with Crippen LogP contribution < -0.4 is 10.1 Å². The highest BCUT2D eigenvalue weighted by Gasteiger charge is 2.10. The smallest absolute Gasteiger partial charge is 0.255 e. The van der Waals surface area contributed by atoms with Crippen LogP contribution in [0, 0.1) is 0 Å². The summed E-state index contributed by atoms with van der Waals surface area (Å²) in [6.07, 6.45) is 1.60. The molecule has 0 fully saturated rings. The Morgan fingerprint density at radius 1 is 1.25 bits per heavy atom. The monoisotopic (exact) mass is 267 g/mol. The van der Waals surface area contributed by atoms with Gasteiger partial charge in [0.15, 0.2) is 0 Å². The van der Waals surface area contributed by atoms with Crippen LogP contribution in [0.5, 0.6) is 5.75 Å². The second-order valence-corrected chi connectivity index (χ2v) is 4.29. The fourth-order valence-electron chi connectivity index (χ4n) is 2.02. The van der Waals surface area contributed by atoms with Crippen molar-refractivity contribution < 1.29 is 9.53 Å². The van der Waals surface area contributed by atoms with Gasteiger partial charge in [-0.15, -0.1) is 0 Å². The molecule has 0 aliphatic rings. The van der Waals surface area contributed by atoms with Crippen molar-refractivity contribution in [1.29, 1.82) is 0 Å². The fraction of sp³-hybridized carbons (Fsp3) is 0.0667. The van der Waals surface area contributed by atoms with E-state index < -0.39 is 0 Å². The van der Waals surface area contributed by atoms with Gasteiger partial charge in [0.05, 0.1) is 30.2 Å². The zero-order valence-corrected chi connectivity index (χ0v) is 10.9. The summed E-state index contributed by atoms with van der Waals surface area (Å²) in [5.74, 6) is 0.439. The molecule has 20 heavy (non-hydrogen) atoms. The average molecular weight is 267 g/mol. The first-order chi connectivity index (χ1) is 9.78. The Balaban J connectivity index is 1.88. The molecule has 2 N–H and O–H groups in total. The minimum Gasteiger partial charge on any atom is -0.495 e. The van der Waals surface area contributed by atoms with Crippen molar-refractivity contribution in [3.05, 3.63) is 54.4 Å². The van der Waals surface area contributed by atoms with Gasteiger partial charge in [0.1, 0.15) is 5.75 Å². The lowest BCUT2D eigenvalue weighted by atomic mass is 10.2. The van der Waals surface area contributed by atoms with E-state index in [9.17, 15) is 4.79 Å². The Labute approximate surface area is 115 Å². The number of anilines is 1. The van der Waals surface area contributed by atoms with E-state index in [1.807, 2.05) is 18.2 Å². The van der Waals surface area contributed by atoms with E-state index in [2.05, 4.69) is 15.3 Å². The number of amides is 1. The lowest BCUT2D eigenvalue weighted by Crippen LogP contribution is -2.12. The number of nitrogens with one attached hydrogen (secondary N) is 2. The van der Waals surface area contributed by atoms with Gasteiger partial charge in [-0.1, -0.05) is 12.1 Å². The predicted octanol–water partition coefficient (Wildman–Crippen LogP) is 2.82. The number of imidazole rings is 1. The summed E-state index contributed by atoms with van der Waals surface area (Å²) >= 11 is 0. The van der Waals surface area contributed by atoms with Gasteiger partial charge in [-0.05, 0) is 30.3 Å². The van der Waals surface area contributed by atoms with Crippen LogP contribution in [0.2, 0.25) is 0 Å². The summed E-state index contributed by atoms with van der Waals surface area (Å²) in [5, 5.41) is 2.84. The molecule has 3 rings (SSSR count). The minimum absolute atomic E-state index is 0.189. The Kier molecular flexibility index (Phi) is 3.09. The van der Waals surface area contributed by atoms with Crippen molar-refractivity contribution in [2.24, 2.45) is 0 Å². The van der Waals surface area contributed by atoms with Gasteiger partial charge in [-0.3, -0.25) is 4.79 Å². The van der Waals surface area contributed by atoms with Crippen molar-refractivity contribution >= 4 is 22.6 Å². The fourth-order valence-corrected chi connectivity index (χ4v) is 2.02. The van der Waals surface area contributed by atoms with Gasteiger partial charge in [0.25, 0.3) is 5.91 Å². The number of carbonyl (C=O) groups is 1. The molecule has 0 radical (unpaired) electrons. The SMILES string of the molecule is COc1ccccc1NC(=O)c1ccc2nc[nH]c2c1. The summed E-state index contributed by atoms with van der Waals surface area (Å²) < 4.78 is 5.21. The second kappa shape index (κ2) is 5.05. The van der Waals surface area contributed by atoms with Gasteiger partial charge in [-0.25, -0.2) is 4.98 Å². The molecule has 2 aromatic carbocycles. The molecular formula is C15H13N3O2. The first-order valence-corrected chi connectivity index (χ1v) is 6.15. The molecule has 0 unspecified atom stereocenters. The van der Waals surface area contributed by atoms with E-state index in [0.29, 0.717) is 17.0 Å². The molecule has 0 saturated carbocycles. The summed E-state index contributed by atoms with van der Waals surface area (Å²) in [7, 11) is 1.57. The highest BCUT2D eigenvalue weighted by Crippen LogP contribution is 2.24. The van der Waals surface area contributed by atoms with Crippen LogP contribution in [-0.2, 0) is 0 Å². The number of ether oxygens (including phenoxy) is 1. The number of rotatable bonds is 3. The molecule has 0 saturated heterocycles. The number of para-hydroxylation sites is 2. The van der Waals surface area contributed by atoms with Crippen LogP contribution in [0.3, 0.4) is 0 Å². The van der Waals surface area contributed by atoms with E-state index in [1.54, 1.807) is 37.7 Å². The zero-order valence-electron chi connectivity index (χ0n) is 10.9. The number of nitrogens with zero attached hydrogens (tertiary/aromatic N) is 1. The molecule has 1 aromatic heterocycles. The summed E-state index contributed by atoms with van der Waals surface area (Å²) in [6.45, 7) is 0. The molecule has 5 nitrogen and oxygen atoms in total. The molecule has 1 amide bonds. The van der Waals surface area contributed by atoms with Crippen LogP contribution in [-0.4, -0.2) is 23.0 Å². The molecule has 0 atom stereocenters. The number of aromatic nitrogens is 2. The van der Waals surface area contributed by atoms with Crippen molar-refractivity contribution in [3.8, 4) is 5.75 Å². The number of H-pyrrole nitrogens is 1. The van der Waals surface area contributed by atoms with Crippen molar-refractivity contribution in [2.75, 3.05) is 12.4 Å². The third-order valence-electron chi connectivity index (χ3n) is 3.04. The van der Waals surface area contributed by atoms with Crippen LogP contribution in [0.1, 0.15) is 10.4 Å². The maximum atomic E-state index is 12.2. The Morgan fingerprint density at radius 3 is 2.95 bits per heavy atom. The van der Waals surface area contributed by atoms with Crippen LogP contribution in [0.25, 0.3) is 11.0 Å². The quantitative estimate of drug-likeness (QED) is 0.766. The molecule has 100 valence electrons. The van der Waals surface area contributed by atoms with Crippen LogP contribution in [0.4, 0.5) is 5.69 Å². The van der Waals surface area contributed by atoms with E-state index in [-0.39, 0.29) is 5.91 Å². The standard InChI is InChI=1S/C15H13N3O2/c1-20-14-5-3-2-4-12(14)18-15(19)10-6-7-11-13(8-10)17-9-16-11/h2-9H,1H3,(H,16,17)(H,18,19). The maximum Gasteiger partial charge on any atom is 0.255 e. The van der Waals surface area contributed by atoms with Crippen molar-refractivity contribution in [1.82, 2.24) is 9.97 Å². The lowest BCUT2D eigenvalue weighted by Gasteiger charge is -2.09. The number of hydrogen-bond donors (Lipinski definition) is 2. The summed E-state index contributed by atoms with van der Waals surface area (Å²) in [6, 6.07) is 12.6. The third kappa shape index (κ3) is 2.21. The first kappa shape index (κ1) is 12.2. The first-order valence-electron chi connectivity index (χ1n) is 6.15. The molecule has 5 heteroatoms. The number of fused-ring (bicyclic) bond motifs is 1. The Morgan fingerprint density at radius 2 is 2.10 bits per heavy atom. The number of carbonyl (C=O) groups excluding carboxylic acids is 1. The van der Waals surface area contributed by atoms with Gasteiger partial charge in [-0.2, -0.15) is 0 Å². The largest absolute Gasteiger partial charge is 0.495 e. The second-order valence-electron chi connectivity index (χ2n) is 4.29. The number of aromatic amines is 1.